The lowest BCUT2D eigenvalue weighted by Gasteiger charge is -2.07. The van der Waals surface area contributed by atoms with Gasteiger partial charge in [0.1, 0.15) is 11.8 Å². The number of phenolic OH excluding ortho intramolecular Hbond substituents is 1. The van der Waals surface area contributed by atoms with Gasteiger partial charge in [0, 0.05) is 0 Å². The van der Waals surface area contributed by atoms with Crippen molar-refractivity contribution in [1.29, 1.82) is 0 Å². The van der Waals surface area contributed by atoms with Crippen molar-refractivity contribution in [3.8, 4) is 5.75 Å². The minimum atomic E-state index is -0.498. The van der Waals surface area contributed by atoms with Crippen molar-refractivity contribution in [2.24, 2.45) is 11.7 Å². The molecule has 1 atom stereocenters. The molecule has 1 rings (SSSR count). The number of carbonyl (C=O) groups is 1. The average Bonchev–Trinajstić information content (AvgIpc) is 2.30. The molecule has 1 aromatic rings. The predicted octanol–water partition coefficient (Wildman–Crippen LogP) is 2.32. The van der Waals surface area contributed by atoms with Crippen molar-refractivity contribution >= 4 is 5.97 Å². The van der Waals surface area contributed by atoms with Gasteiger partial charge in [0.15, 0.2) is 0 Å². The van der Waals surface area contributed by atoms with Crippen molar-refractivity contribution in [3.63, 3.8) is 0 Å². The summed E-state index contributed by atoms with van der Waals surface area (Å²) in [4.78, 5) is 10.8. The molecule has 0 heterocycles. The van der Waals surface area contributed by atoms with Crippen LogP contribution in [-0.2, 0) is 9.53 Å². The first kappa shape index (κ1) is 16.4. The summed E-state index contributed by atoms with van der Waals surface area (Å²) in [6.45, 7) is 6.27. The Labute approximate surface area is 109 Å². The topological polar surface area (TPSA) is 72.5 Å². The smallest absolute Gasteiger partial charge is 0.322 e. The predicted molar refractivity (Wildman–Crippen MR) is 72.2 cm³/mol. The van der Waals surface area contributed by atoms with Gasteiger partial charge in [-0.15, -0.1) is 0 Å². The SMILES string of the molecule is CC(C)CCOC(=O)[C@H](C)N.Oc1ccccc1. The van der Waals surface area contributed by atoms with Gasteiger partial charge in [-0.05, 0) is 31.4 Å². The molecule has 0 aliphatic heterocycles. The third kappa shape index (κ3) is 9.66. The van der Waals surface area contributed by atoms with Crippen LogP contribution in [0.3, 0.4) is 0 Å². The van der Waals surface area contributed by atoms with Crippen molar-refractivity contribution in [2.45, 2.75) is 33.2 Å². The molecule has 0 aliphatic rings. The molecule has 0 unspecified atom stereocenters. The van der Waals surface area contributed by atoms with E-state index in [1.807, 2.05) is 6.07 Å². The lowest BCUT2D eigenvalue weighted by atomic mass is 10.1. The first-order valence-electron chi connectivity index (χ1n) is 6.09. The maximum absolute atomic E-state index is 10.8. The van der Waals surface area contributed by atoms with E-state index < -0.39 is 6.04 Å². The van der Waals surface area contributed by atoms with E-state index in [4.69, 9.17) is 15.6 Å². The van der Waals surface area contributed by atoms with Crippen LogP contribution < -0.4 is 5.73 Å². The molecular formula is C14H23NO3. The monoisotopic (exact) mass is 253 g/mol. The molecular weight excluding hydrogens is 230 g/mol. The number of carbonyl (C=O) groups excluding carboxylic acids is 1. The molecule has 4 nitrogen and oxygen atoms in total. The molecule has 0 aliphatic carbocycles. The summed E-state index contributed by atoms with van der Waals surface area (Å²) >= 11 is 0. The standard InChI is InChI=1S/C8H17NO2.C6H6O/c1-6(2)4-5-11-8(10)7(3)9;7-6-4-2-1-3-5-6/h6-7H,4-5,9H2,1-3H3;1-5,7H/t7-;/m0./s1. The van der Waals surface area contributed by atoms with Gasteiger partial charge < -0.3 is 15.6 Å². The third-order valence-electron chi connectivity index (χ3n) is 2.07. The van der Waals surface area contributed by atoms with Gasteiger partial charge in [-0.2, -0.15) is 0 Å². The van der Waals surface area contributed by atoms with Crippen LogP contribution in [0, 0.1) is 5.92 Å². The van der Waals surface area contributed by atoms with E-state index in [1.54, 1.807) is 31.2 Å². The van der Waals surface area contributed by atoms with E-state index >= 15 is 0 Å². The normalized spacial score (nSPS) is 11.4. The molecule has 3 N–H and O–H groups in total. The van der Waals surface area contributed by atoms with Crippen molar-refractivity contribution < 1.29 is 14.6 Å². The van der Waals surface area contributed by atoms with Gasteiger partial charge in [0.2, 0.25) is 0 Å². The minimum Gasteiger partial charge on any atom is -0.508 e. The molecule has 0 bridgehead atoms. The van der Waals surface area contributed by atoms with E-state index in [9.17, 15) is 4.79 Å². The summed E-state index contributed by atoms with van der Waals surface area (Å²) in [6.07, 6.45) is 0.901. The summed E-state index contributed by atoms with van der Waals surface area (Å²) in [5.74, 6) is 0.573. The first-order chi connectivity index (χ1) is 8.43. The van der Waals surface area contributed by atoms with E-state index in [1.165, 1.54) is 0 Å². The highest BCUT2D eigenvalue weighted by molar-refractivity contribution is 5.74. The molecule has 0 fully saturated rings. The Hall–Kier alpha value is -1.55. The van der Waals surface area contributed by atoms with E-state index in [2.05, 4.69) is 13.8 Å². The Morgan fingerprint density at radius 1 is 1.28 bits per heavy atom. The zero-order chi connectivity index (χ0) is 14.0. The van der Waals surface area contributed by atoms with Crippen LogP contribution in [-0.4, -0.2) is 23.7 Å². The molecule has 4 heteroatoms. The molecule has 0 amide bonds. The van der Waals surface area contributed by atoms with Crippen LogP contribution in [0.1, 0.15) is 27.2 Å². The summed E-state index contributed by atoms with van der Waals surface area (Å²) < 4.78 is 4.85. The van der Waals surface area contributed by atoms with Gasteiger partial charge in [-0.1, -0.05) is 32.0 Å². The Balaban J connectivity index is 0.000000351. The van der Waals surface area contributed by atoms with Gasteiger partial charge >= 0.3 is 5.97 Å². The second kappa shape index (κ2) is 9.48. The highest BCUT2D eigenvalue weighted by Gasteiger charge is 2.07. The number of phenols is 1. The number of nitrogens with two attached hydrogens (primary N) is 1. The molecule has 0 saturated heterocycles. The molecule has 1 aromatic carbocycles. The Bertz CT molecular complexity index is 323. The van der Waals surface area contributed by atoms with E-state index in [-0.39, 0.29) is 5.97 Å². The van der Waals surface area contributed by atoms with Gasteiger partial charge in [-0.25, -0.2) is 0 Å². The Morgan fingerprint density at radius 2 is 1.83 bits per heavy atom. The fourth-order valence-electron chi connectivity index (χ4n) is 0.955. The summed E-state index contributed by atoms with van der Waals surface area (Å²) in [7, 11) is 0. The summed E-state index contributed by atoms with van der Waals surface area (Å²) in [5, 5.41) is 8.63. The number of para-hydroxylation sites is 1. The number of hydrogen-bond donors (Lipinski definition) is 2. The largest absolute Gasteiger partial charge is 0.508 e. The molecule has 0 spiro atoms. The quantitative estimate of drug-likeness (QED) is 0.808. The third-order valence-corrected chi connectivity index (χ3v) is 2.07. The van der Waals surface area contributed by atoms with Gasteiger partial charge in [-0.3, -0.25) is 4.79 Å². The number of ether oxygens (including phenoxy) is 1. The average molecular weight is 253 g/mol. The van der Waals surface area contributed by atoms with Crippen molar-refractivity contribution in [1.82, 2.24) is 0 Å². The van der Waals surface area contributed by atoms with Crippen LogP contribution in [0.4, 0.5) is 0 Å². The zero-order valence-corrected chi connectivity index (χ0v) is 11.3. The van der Waals surface area contributed by atoms with Crippen LogP contribution >= 0.6 is 0 Å². The van der Waals surface area contributed by atoms with E-state index in [0.717, 1.165) is 6.42 Å². The number of rotatable bonds is 4. The van der Waals surface area contributed by atoms with Crippen molar-refractivity contribution in [2.75, 3.05) is 6.61 Å². The van der Waals surface area contributed by atoms with Crippen LogP contribution in [0.15, 0.2) is 30.3 Å². The number of esters is 1. The second-order valence-corrected chi connectivity index (χ2v) is 4.47. The number of hydrogen-bond acceptors (Lipinski definition) is 4. The summed E-state index contributed by atoms with van der Waals surface area (Å²) in [5.41, 5.74) is 5.28. The van der Waals surface area contributed by atoms with Crippen LogP contribution in [0.5, 0.6) is 5.75 Å². The van der Waals surface area contributed by atoms with Crippen LogP contribution in [0.2, 0.25) is 0 Å². The second-order valence-electron chi connectivity index (χ2n) is 4.47. The molecule has 102 valence electrons. The zero-order valence-electron chi connectivity index (χ0n) is 11.3. The highest BCUT2D eigenvalue weighted by atomic mass is 16.5. The maximum Gasteiger partial charge on any atom is 0.322 e. The first-order valence-corrected chi connectivity index (χ1v) is 6.09. The fourth-order valence-corrected chi connectivity index (χ4v) is 0.955. The Morgan fingerprint density at radius 3 is 2.17 bits per heavy atom. The highest BCUT2D eigenvalue weighted by Crippen LogP contribution is 2.02. The lowest BCUT2D eigenvalue weighted by molar-refractivity contribution is -0.145. The summed E-state index contributed by atoms with van der Waals surface area (Å²) in [6, 6.07) is 8.21. The number of benzene rings is 1. The van der Waals surface area contributed by atoms with Crippen LogP contribution in [0.25, 0.3) is 0 Å². The molecule has 0 radical (unpaired) electrons. The van der Waals surface area contributed by atoms with E-state index in [0.29, 0.717) is 18.3 Å². The number of aromatic hydroxyl groups is 1. The van der Waals surface area contributed by atoms with Gasteiger partial charge in [0.25, 0.3) is 0 Å². The maximum atomic E-state index is 10.8. The van der Waals surface area contributed by atoms with Crippen molar-refractivity contribution in [3.05, 3.63) is 30.3 Å². The molecule has 18 heavy (non-hydrogen) atoms. The van der Waals surface area contributed by atoms with Gasteiger partial charge in [0.05, 0.1) is 6.61 Å². The Kier molecular flexibility index (Phi) is 8.66. The fraction of sp³-hybridized carbons (Fsp3) is 0.500. The lowest BCUT2D eigenvalue weighted by Crippen LogP contribution is -2.29. The molecule has 0 saturated carbocycles. The minimum absolute atomic E-state index is 0.314. The molecule has 0 aromatic heterocycles.